The van der Waals surface area contributed by atoms with Crippen molar-refractivity contribution in [2.24, 2.45) is 0 Å². The molecule has 1 aliphatic heterocycles. The van der Waals surface area contributed by atoms with Crippen LogP contribution in [0.4, 0.5) is 9.93 Å². The van der Waals surface area contributed by atoms with E-state index >= 15 is 0 Å². The van der Waals surface area contributed by atoms with E-state index in [-0.39, 0.29) is 18.0 Å². The molecule has 134 valence electrons. The zero-order chi connectivity index (χ0) is 17.9. The number of carbonyl (C=O) groups is 2. The largest absolute Gasteiger partial charge is 0.444 e. The Morgan fingerprint density at radius 3 is 2.46 bits per heavy atom. The molecule has 2 heterocycles. The molecule has 0 saturated carbocycles. The summed E-state index contributed by atoms with van der Waals surface area (Å²) in [5.74, 6) is -0.113. The maximum absolute atomic E-state index is 12.1. The molecule has 1 aromatic rings. The van der Waals surface area contributed by atoms with Crippen LogP contribution in [0.25, 0.3) is 0 Å². The van der Waals surface area contributed by atoms with E-state index in [0.717, 1.165) is 23.7 Å². The molecule has 0 spiro atoms. The molecule has 2 amide bonds. The van der Waals surface area contributed by atoms with Gasteiger partial charge in [0.2, 0.25) is 0 Å². The lowest BCUT2D eigenvalue weighted by Gasteiger charge is -2.33. The standard InChI is InChI=1S/C16H26N4O3S/c1-10-12(13(21)17-5)24-14(18-10)19-11-6-8-20(9-7-11)15(22)23-16(2,3)4/h11H,6-9H2,1-5H3,(H,17,21)(H,18,19). The van der Waals surface area contributed by atoms with Crippen LogP contribution in [0.1, 0.15) is 49.0 Å². The van der Waals surface area contributed by atoms with Crippen molar-refractivity contribution in [1.29, 1.82) is 0 Å². The Morgan fingerprint density at radius 1 is 1.29 bits per heavy atom. The quantitative estimate of drug-likeness (QED) is 0.872. The minimum atomic E-state index is -0.471. The van der Waals surface area contributed by atoms with Crippen molar-refractivity contribution in [3.63, 3.8) is 0 Å². The van der Waals surface area contributed by atoms with Crippen LogP contribution in [0, 0.1) is 6.92 Å². The molecule has 24 heavy (non-hydrogen) atoms. The highest BCUT2D eigenvalue weighted by Gasteiger charge is 2.27. The normalized spacial score (nSPS) is 16.0. The van der Waals surface area contributed by atoms with Crippen molar-refractivity contribution in [2.75, 3.05) is 25.5 Å². The van der Waals surface area contributed by atoms with Crippen LogP contribution in [0.3, 0.4) is 0 Å². The van der Waals surface area contributed by atoms with E-state index in [4.69, 9.17) is 4.74 Å². The average molecular weight is 354 g/mol. The Morgan fingerprint density at radius 2 is 1.92 bits per heavy atom. The van der Waals surface area contributed by atoms with Gasteiger partial charge in [0.25, 0.3) is 5.91 Å². The van der Waals surface area contributed by atoms with Crippen LogP contribution in [0.5, 0.6) is 0 Å². The number of hydrogen-bond donors (Lipinski definition) is 2. The Hall–Kier alpha value is -1.83. The molecule has 1 aliphatic rings. The lowest BCUT2D eigenvalue weighted by Crippen LogP contribution is -2.44. The number of nitrogens with zero attached hydrogens (tertiary/aromatic N) is 2. The minimum Gasteiger partial charge on any atom is -0.444 e. The number of amides is 2. The second-order valence-corrected chi connectivity index (χ2v) is 7.90. The van der Waals surface area contributed by atoms with Gasteiger partial charge >= 0.3 is 6.09 Å². The van der Waals surface area contributed by atoms with Gasteiger partial charge in [0.15, 0.2) is 5.13 Å². The fourth-order valence-electron chi connectivity index (χ4n) is 2.49. The summed E-state index contributed by atoms with van der Waals surface area (Å²) in [6, 6.07) is 0.242. The number of hydrogen-bond acceptors (Lipinski definition) is 6. The molecule has 1 aromatic heterocycles. The fourth-order valence-corrected chi connectivity index (χ4v) is 3.48. The summed E-state index contributed by atoms with van der Waals surface area (Å²) in [6.07, 6.45) is 1.40. The summed E-state index contributed by atoms with van der Waals surface area (Å²) in [6.45, 7) is 8.74. The van der Waals surface area contributed by atoms with Crippen molar-refractivity contribution >= 4 is 28.5 Å². The molecule has 8 heteroatoms. The lowest BCUT2D eigenvalue weighted by atomic mass is 10.1. The molecule has 0 unspecified atom stereocenters. The zero-order valence-corrected chi connectivity index (χ0v) is 15.7. The molecule has 0 atom stereocenters. The fraction of sp³-hybridized carbons (Fsp3) is 0.688. The maximum Gasteiger partial charge on any atom is 0.410 e. The molecule has 0 radical (unpaired) electrons. The first-order chi connectivity index (χ1) is 11.2. The second-order valence-electron chi connectivity index (χ2n) is 6.90. The Bertz CT molecular complexity index is 601. The Kier molecular flexibility index (Phi) is 5.69. The van der Waals surface area contributed by atoms with Gasteiger partial charge in [0.05, 0.1) is 5.69 Å². The Labute approximate surface area is 146 Å². The zero-order valence-electron chi connectivity index (χ0n) is 14.9. The summed E-state index contributed by atoms with van der Waals surface area (Å²) >= 11 is 1.36. The third-order valence-corrected chi connectivity index (χ3v) is 4.79. The topological polar surface area (TPSA) is 83.6 Å². The van der Waals surface area contributed by atoms with E-state index in [0.29, 0.717) is 18.0 Å². The number of aryl methyl sites for hydroxylation is 1. The van der Waals surface area contributed by atoms with Crippen LogP contribution in [0.15, 0.2) is 0 Å². The van der Waals surface area contributed by atoms with Gasteiger partial charge in [-0.05, 0) is 40.5 Å². The number of thiazole rings is 1. The van der Waals surface area contributed by atoms with Gasteiger partial charge in [-0.15, -0.1) is 0 Å². The van der Waals surface area contributed by atoms with Gasteiger partial charge in [-0.1, -0.05) is 11.3 Å². The first kappa shape index (κ1) is 18.5. The van der Waals surface area contributed by atoms with Crippen LogP contribution < -0.4 is 10.6 Å². The van der Waals surface area contributed by atoms with Gasteiger partial charge < -0.3 is 20.3 Å². The van der Waals surface area contributed by atoms with Gasteiger partial charge in [0, 0.05) is 26.2 Å². The van der Waals surface area contributed by atoms with Crippen molar-refractivity contribution in [1.82, 2.24) is 15.2 Å². The lowest BCUT2D eigenvalue weighted by molar-refractivity contribution is 0.0210. The first-order valence-corrected chi connectivity index (χ1v) is 8.95. The third kappa shape index (κ3) is 4.83. The number of carbonyl (C=O) groups excluding carboxylic acids is 2. The third-order valence-electron chi connectivity index (χ3n) is 3.70. The average Bonchev–Trinajstić information content (AvgIpc) is 2.86. The van der Waals surface area contributed by atoms with Crippen LogP contribution in [-0.4, -0.2) is 53.7 Å². The number of rotatable bonds is 3. The smallest absolute Gasteiger partial charge is 0.410 e. The first-order valence-electron chi connectivity index (χ1n) is 8.13. The van der Waals surface area contributed by atoms with Crippen LogP contribution in [0.2, 0.25) is 0 Å². The summed E-state index contributed by atoms with van der Waals surface area (Å²) in [4.78, 5) is 30.6. The number of anilines is 1. The molecule has 2 N–H and O–H groups in total. The highest BCUT2D eigenvalue weighted by atomic mass is 32.1. The number of aromatic nitrogens is 1. The second kappa shape index (κ2) is 7.38. The van der Waals surface area contributed by atoms with Crippen molar-refractivity contribution in [3.8, 4) is 0 Å². The van der Waals surface area contributed by atoms with Crippen LogP contribution in [-0.2, 0) is 4.74 Å². The van der Waals surface area contributed by atoms with Gasteiger partial charge in [0.1, 0.15) is 10.5 Å². The van der Waals surface area contributed by atoms with E-state index < -0.39 is 5.60 Å². The number of piperidine rings is 1. The maximum atomic E-state index is 12.1. The van der Waals surface area contributed by atoms with Gasteiger partial charge in [-0.2, -0.15) is 0 Å². The van der Waals surface area contributed by atoms with E-state index in [1.54, 1.807) is 11.9 Å². The van der Waals surface area contributed by atoms with E-state index in [9.17, 15) is 9.59 Å². The monoisotopic (exact) mass is 354 g/mol. The minimum absolute atomic E-state index is 0.113. The van der Waals surface area contributed by atoms with Crippen molar-refractivity contribution < 1.29 is 14.3 Å². The molecule has 1 fully saturated rings. The van der Waals surface area contributed by atoms with E-state index in [1.165, 1.54) is 11.3 Å². The molecule has 1 saturated heterocycles. The van der Waals surface area contributed by atoms with E-state index in [2.05, 4.69) is 15.6 Å². The number of nitrogens with one attached hydrogen (secondary N) is 2. The number of likely N-dealkylation sites (tertiary alicyclic amines) is 1. The molecule has 2 rings (SSSR count). The summed E-state index contributed by atoms with van der Waals surface area (Å²) in [5.41, 5.74) is 0.258. The predicted octanol–water partition coefficient (Wildman–Crippen LogP) is 2.62. The van der Waals surface area contributed by atoms with Crippen molar-refractivity contribution in [3.05, 3.63) is 10.6 Å². The summed E-state index contributed by atoms with van der Waals surface area (Å²) in [7, 11) is 1.61. The highest BCUT2D eigenvalue weighted by molar-refractivity contribution is 7.17. The predicted molar refractivity (Wildman–Crippen MR) is 94.7 cm³/mol. The van der Waals surface area contributed by atoms with Gasteiger partial charge in [-0.25, -0.2) is 9.78 Å². The molecular formula is C16H26N4O3S. The van der Waals surface area contributed by atoms with Crippen molar-refractivity contribution in [2.45, 2.75) is 52.2 Å². The summed E-state index contributed by atoms with van der Waals surface area (Å²) in [5, 5.41) is 6.75. The number of ether oxygens (including phenoxy) is 1. The SMILES string of the molecule is CNC(=O)c1sc(NC2CCN(C(=O)OC(C)(C)C)CC2)nc1C. The molecule has 7 nitrogen and oxygen atoms in total. The van der Waals surface area contributed by atoms with Gasteiger partial charge in [-0.3, -0.25) is 4.79 Å². The molecule has 0 aromatic carbocycles. The van der Waals surface area contributed by atoms with E-state index in [1.807, 2.05) is 27.7 Å². The molecular weight excluding hydrogens is 328 g/mol. The Balaban J connectivity index is 1.87. The van der Waals surface area contributed by atoms with Crippen LogP contribution >= 0.6 is 11.3 Å². The highest BCUT2D eigenvalue weighted by Crippen LogP contribution is 2.25. The molecule has 0 aliphatic carbocycles. The molecule has 0 bridgehead atoms. The summed E-state index contributed by atoms with van der Waals surface area (Å²) < 4.78 is 5.40.